The molecule has 2 aromatic carbocycles. The van der Waals surface area contributed by atoms with E-state index in [1.54, 1.807) is 17.0 Å². The first-order valence-electron chi connectivity index (χ1n) is 11.4. The number of nitro benzene ring substituents is 1. The number of rotatable bonds is 8. The second-order valence-electron chi connectivity index (χ2n) is 8.23. The smallest absolute Gasteiger partial charge is 0.270 e. The molecule has 36 heavy (non-hydrogen) atoms. The summed E-state index contributed by atoms with van der Waals surface area (Å²) in [6.45, 7) is 7.21. The first-order valence-corrected chi connectivity index (χ1v) is 13.0. The van der Waals surface area contributed by atoms with Crippen LogP contribution in [0, 0.1) is 24.0 Å². The van der Waals surface area contributed by atoms with Gasteiger partial charge in [0.2, 0.25) is 0 Å². The van der Waals surface area contributed by atoms with E-state index in [4.69, 9.17) is 9.72 Å². The number of benzene rings is 2. The van der Waals surface area contributed by atoms with Crippen LogP contribution in [0.3, 0.4) is 0 Å². The molecule has 0 spiro atoms. The van der Waals surface area contributed by atoms with E-state index in [0.717, 1.165) is 26.3 Å². The molecular weight excluding hydrogens is 498 g/mol. The zero-order valence-corrected chi connectivity index (χ0v) is 21.6. The van der Waals surface area contributed by atoms with E-state index in [2.05, 4.69) is 5.10 Å². The van der Waals surface area contributed by atoms with Gasteiger partial charge in [0.1, 0.15) is 11.3 Å². The molecule has 5 aromatic rings. The summed E-state index contributed by atoms with van der Waals surface area (Å²) >= 11 is 2.74. The van der Waals surface area contributed by atoms with E-state index < -0.39 is 4.92 Å². The Morgan fingerprint density at radius 3 is 2.69 bits per heavy atom. The van der Waals surface area contributed by atoms with Crippen molar-refractivity contribution in [3.63, 3.8) is 0 Å². The molecule has 1 amide bonds. The summed E-state index contributed by atoms with van der Waals surface area (Å²) in [4.78, 5) is 31.5. The number of para-hydroxylation sites is 1. The minimum absolute atomic E-state index is 0.00434. The lowest BCUT2D eigenvalue weighted by Gasteiger charge is -2.19. The van der Waals surface area contributed by atoms with Gasteiger partial charge in [-0.3, -0.25) is 24.5 Å². The monoisotopic (exact) mass is 521 g/mol. The molecular formula is C25H23N5O4S2. The Morgan fingerprint density at radius 2 is 1.97 bits per heavy atom. The minimum atomic E-state index is -0.434. The second kappa shape index (κ2) is 9.67. The Morgan fingerprint density at radius 1 is 1.14 bits per heavy atom. The number of fused-ring (bicyclic) bond motifs is 2. The van der Waals surface area contributed by atoms with Crippen LogP contribution in [0.4, 0.5) is 10.8 Å². The number of carbonyl (C=O) groups is 1. The molecule has 0 saturated carbocycles. The van der Waals surface area contributed by atoms with E-state index in [-0.39, 0.29) is 11.6 Å². The molecule has 0 atom stereocenters. The normalized spacial score (nSPS) is 11.3. The highest BCUT2D eigenvalue weighted by molar-refractivity contribution is 7.23. The summed E-state index contributed by atoms with van der Waals surface area (Å²) in [6, 6.07) is 14.1. The average Bonchev–Trinajstić information content (AvgIpc) is 3.55. The van der Waals surface area contributed by atoms with Crippen molar-refractivity contribution in [3.05, 3.63) is 74.9 Å². The van der Waals surface area contributed by atoms with Gasteiger partial charge < -0.3 is 4.74 Å². The molecule has 11 heteroatoms. The Balaban J connectivity index is 1.54. The van der Waals surface area contributed by atoms with Crippen LogP contribution in [-0.4, -0.2) is 38.7 Å². The summed E-state index contributed by atoms with van der Waals surface area (Å²) in [6.07, 6.45) is 0. The van der Waals surface area contributed by atoms with Crippen molar-refractivity contribution in [3.8, 4) is 5.75 Å². The molecule has 0 fully saturated rings. The highest BCUT2D eigenvalue weighted by atomic mass is 32.1. The zero-order valence-electron chi connectivity index (χ0n) is 19.9. The molecule has 0 aliphatic heterocycles. The quantitative estimate of drug-likeness (QED) is 0.184. The number of nitrogens with zero attached hydrogens (tertiary/aromatic N) is 5. The molecule has 0 unspecified atom stereocenters. The number of nitro groups is 1. The van der Waals surface area contributed by atoms with Crippen molar-refractivity contribution in [1.29, 1.82) is 0 Å². The van der Waals surface area contributed by atoms with E-state index in [1.165, 1.54) is 34.8 Å². The van der Waals surface area contributed by atoms with Crippen molar-refractivity contribution >= 4 is 59.7 Å². The number of thiazole rings is 1. The van der Waals surface area contributed by atoms with Crippen LogP contribution in [0.2, 0.25) is 0 Å². The van der Waals surface area contributed by atoms with Crippen molar-refractivity contribution in [1.82, 2.24) is 14.8 Å². The molecule has 0 N–H and O–H groups in total. The molecule has 0 saturated heterocycles. The maximum atomic E-state index is 13.8. The number of aromatic nitrogens is 3. The van der Waals surface area contributed by atoms with Crippen LogP contribution in [-0.2, 0) is 6.54 Å². The number of amides is 1. The molecule has 184 valence electrons. The maximum Gasteiger partial charge on any atom is 0.270 e. The predicted octanol–water partition coefficient (Wildman–Crippen LogP) is 5.98. The van der Waals surface area contributed by atoms with Gasteiger partial charge in [0, 0.05) is 34.5 Å². The third-order valence-electron chi connectivity index (χ3n) is 5.71. The summed E-state index contributed by atoms with van der Waals surface area (Å²) in [5, 5.41) is 17.0. The molecule has 0 bridgehead atoms. The van der Waals surface area contributed by atoms with Crippen molar-refractivity contribution in [2.75, 3.05) is 18.1 Å². The number of hydrogen-bond acceptors (Lipinski definition) is 8. The number of hydrogen-bond donors (Lipinski definition) is 0. The van der Waals surface area contributed by atoms with Crippen molar-refractivity contribution in [2.45, 2.75) is 27.3 Å². The topological polar surface area (TPSA) is 103 Å². The van der Waals surface area contributed by atoms with E-state index in [9.17, 15) is 14.9 Å². The van der Waals surface area contributed by atoms with E-state index >= 15 is 0 Å². The van der Waals surface area contributed by atoms with Crippen LogP contribution in [0.25, 0.3) is 20.3 Å². The number of aryl methyl sites for hydroxylation is 2. The summed E-state index contributed by atoms with van der Waals surface area (Å²) in [7, 11) is 0. The summed E-state index contributed by atoms with van der Waals surface area (Å²) < 4.78 is 9.36. The van der Waals surface area contributed by atoms with Crippen molar-refractivity contribution in [2.24, 2.45) is 0 Å². The molecule has 9 nitrogen and oxygen atoms in total. The molecule has 3 heterocycles. The summed E-state index contributed by atoms with van der Waals surface area (Å²) in [5.74, 6) is 0.468. The molecule has 5 rings (SSSR count). The van der Waals surface area contributed by atoms with Crippen LogP contribution >= 0.6 is 22.7 Å². The molecule has 0 radical (unpaired) electrons. The Kier molecular flexibility index (Phi) is 6.42. The maximum absolute atomic E-state index is 13.8. The van der Waals surface area contributed by atoms with Gasteiger partial charge in [-0.25, -0.2) is 4.98 Å². The number of thiophene rings is 1. The van der Waals surface area contributed by atoms with E-state index in [0.29, 0.717) is 40.8 Å². The highest BCUT2D eigenvalue weighted by Crippen LogP contribution is 2.36. The number of anilines is 1. The Hall–Kier alpha value is -3.83. The molecule has 0 aliphatic carbocycles. The Bertz CT molecular complexity index is 1600. The standard InChI is InChI=1S/C25H23N5O4S2/c1-4-34-19-6-5-7-21-23(19)26-25(36-21)28(10-11-29-16(3)12-15(2)27-29)24(31)22-14-17-13-18(30(32)33)8-9-20(17)35-22/h5-9,12-14H,4,10-11H2,1-3H3. The predicted molar refractivity (Wildman–Crippen MR) is 143 cm³/mol. The van der Waals surface area contributed by atoms with Gasteiger partial charge in [0.15, 0.2) is 5.13 Å². The first kappa shape index (κ1) is 23.9. The van der Waals surface area contributed by atoms with Gasteiger partial charge in [0.05, 0.1) is 33.3 Å². The fourth-order valence-electron chi connectivity index (χ4n) is 4.06. The fraction of sp³-hybridized carbons (Fsp3) is 0.240. The van der Waals surface area contributed by atoms with E-state index in [1.807, 2.05) is 49.7 Å². The van der Waals surface area contributed by atoms with Crippen molar-refractivity contribution < 1.29 is 14.5 Å². The van der Waals surface area contributed by atoms with Crippen LogP contribution in [0.5, 0.6) is 5.75 Å². The lowest BCUT2D eigenvalue weighted by Crippen LogP contribution is -2.33. The molecule has 0 aliphatic rings. The second-order valence-corrected chi connectivity index (χ2v) is 10.3. The van der Waals surface area contributed by atoms with Crippen LogP contribution in [0.1, 0.15) is 28.0 Å². The number of carbonyl (C=O) groups excluding carboxylic acids is 1. The Labute approximate surface area is 214 Å². The lowest BCUT2D eigenvalue weighted by atomic mass is 10.2. The number of ether oxygens (including phenoxy) is 1. The van der Waals surface area contributed by atoms with Gasteiger partial charge in [-0.2, -0.15) is 5.10 Å². The highest BCUT2D eigenvalue weighted by Gasteiger charge is 2.25. The lowest BCUT2D eigenvalue weighted by molar-refractivity contribution is -0.384. The SMILES string of the molecule is CCOc1cccc2sc(N(CCn3nc(C)cc3C)C(=O)c3cc4cc([N+](=O)[O-])ccc4s3)nc12. The third-order valence-corrected chi connectivity index (χ3v) is 7.85. The summed E-state index contributed by atoms with van der Waals surface area (Å²) in [5.41, 5.74) is 2.64. The van der Waals surface area contributed by atoms with Gasteiger partial charge in [0.25, 0.3) is 11.6 Å². The largest absolute Gasteiger partial charge is 0.492 e. The van der Waals surface area contributed by atoms with Gasteiger partial charge >= 0.3 is 0 Å². The molecule has 3 aromatic heterocycles. The van der Waals surface area contributed by atoms with Gasteiger partial charge in [-0.15, -0.1) is 11.3 Å². The van der Waals surface area contributed by atoms with Gasteiger partial charge in [-0.05, 0) is 51.1 Å². The van der Waals surface area contributed by atoms with Crippen LogP contribution < -0.4 is 9.64 Å². The number of non-ortho nitro benzene ring substituents is 1. The average molecular weight is 522 g/mol. The van der Waals surface area contributed by atoms with Gasteiger partial charge in [-0.1, -0.05) is 17.4 Å². The minimum Gasteiger partial charge on any atom is -0.492 e. The third kappa shape index (κ3) is 4.54. The first-order chi connectivity index (χ1) is 17.3. The zero-order chi connectivity index (χ0) is 25.4. The fourth-order valence-corrected chi connectivity index (χ4v) is 6.06. The van der Waals surface area contributed by atoms with Crippen LogP contribution in [0.15, 0.2) is 48.5 Å².